The molecule has 0 aliphatic rings. The van der Waals surface area contributed by atoms with Crippen LogP contribution >= 0.6 is 12.2 Å². The fourth-order valence-corrected chi connectivity index (χ4v) is 2.64. The number of hydrogen-bond donors (Lipinski definition) is 3. The van der Waals surface area contributed by atoms with E-state index in [1.54, 1.807) is 18.2 Å². The number of benzene rings is 3. The molecule has 0 fully saturated rings. The Bertz CT molecular complexity index is 944. The average molecular weight is 348 g/mol. The van der Waals surface area contributed by atoms with E-state index in [0.29, 0.717) is 5.69 Å². The van der Waals surface area contributed by atoms with Crippen molar-refractivity contribution >= 4 is 45.8 Å². The number of rotatable bonds is 3. The fraction of sp³-hybridized carbons (Fsp3) is 0. The summed E-state index contributed by atoms with van der Waals surface area (Å²) >= 11 is 5.11. The van der Waals surface area contributed by atoms with Crippen molar-refractivity contribution < 1.29 is 9.90 Å². The van der Waals surface area contributed by atoms with Gasteiger partial charge in [-0.1, -0.05) is 42.5 Å². The predicted molar refractivity (Wildman–Crippen MR) is 105 cm³/mol. The lowest BCUT2D eigenvalue weighted by Crippen LogP contribution is -2.32. The molecule has 3 aromatic rings. The van der Waals surface area contributed by atoms with E-state index in [4.69, 9.17) is 12.2 Å². The number of nitrogens with one attached hydrogen (secondary N) is 2. The molecule has 0 unspecified atom stereocenters. The van der Waals surface area contributed by atoms with Crippen LogP contribution in [0.5, 0.6) is 5.75 Å². The Balaban J connectivity index is 1.64. The molecule has 0 saturated carbocycles. The summed E-state index contributed by atoms with van der Waals surface area (Å²) in [5.74, 6) is -0.150. The Hall–Kier alpha value is -3.18. The van der Waals surface area contributed by atoms with Crippen LogP contribution < -0.4 is 10.6 Å². The van der Waals surface area contributed by atoms with Gasteiger partial charge in [-0.15, -0.1) is 0 Å². The zero-order valence-corrected chi connectivity index (χ0v) is 14.1. The van der Waals surface area contributed by atoms with E-state index in [-0.39, 0.29) is 16.8 Å². The van der Waals surface area contributed by atoms with Crippen molar-refractivity contribution in [1.29, 1.82) is 0 Å². The second-order valence-corrected chi connectivity index (χ2v) is 5.80. The maximum absolute atomic E-state index is 12.0. The lowest BCUT2D eigenvalue weighted by molar-refractivity contribution is -0.115. The molecule has 124 valence electrons. The van der Waals surface area contributed by atoms with Gasteiger partial charge in [0.15, 0.2) is 5.11 Å². The second kappa shape index (κ2) is 7.59. The van der Waals surface area contributed by atoms with Gasteiger partial charge in [-0.25, -0.2) is 0 Å². The first-order valence-electron chi connectivity index (χ1n) is 7.69. The molecule has 0 aromatic heterocycles. The third-order valence-electron chi connectivity index (χ3n) is 3.60. The van der Waals surface area contributed by atoms with Crippen LogP contribution in [0.2, 0.25) is 0 Å². The summed E-state index contributed by atoms with van der Waals surface area (Å²) in [7, 11) is 0. The van der Waals surface area contributed by atoms with Gasteiger partial charge in [0.25, 0.3) is 0 Å². The Morgan fingerprint density at radius 3 is 2.48 bits per heavy atom. The molecule has 0 atom stereocenters. The maximum Gasteiger partial charge on any atom is 0.250 e. The number of carbonyl (C=O) groups excluding carboxylic acids is 1. The molecule has 3 aromatic carbocycles. The van der Waals surface area contributed by atoms with Crippen molar-refractivity contribution in [1.82, 2.24) is 5.32 Å². The molecule has 0 heterocycles. The van der Waals surface area contributed by atoms with E-state index < -0.39 is 0 Å². The van der Waals surface area contributed by atoms with E-state index in [1.165, 1.54) is 18.2 Å². The van der Waals surface area contributed by atoms with Crippen molar-refractivity contribution in [2.75, 3.05) is 5.32 Å². The first-order valence-corrected chi connectivity index (χ1v) is 8.09. The smallest absolute Gasteiger partial charge is 0.250 e. The largest absolute Gasteiger partial charge is 0.508 e. The van der Waals surface area contributed by atoms with E-state index in [0.717, 1.165) is 16.3 Å². The molecule has 25 heavy (non-hydrogen) atoms. The van der Waals surface area contributed by atoms with Gasteiger partial charge in [-0.05, 0) is 58.9 Å². The molecule has 0 saturated heterocycles. The molecule has 0 bridgehead atoms. The molecule has 5 heteroatoms. The molecular weight excluding hydrogens is 332 g/mol. The molecule has 0 aliphatic carbocycles. The highest BCUT2D eigenvalue weighted by molar-refractivity contribution is 7.80. The number of anilines is 1. The number of carbonyl (C=O) groups is 1. The monoisotopic (exact) mass is 348 g/mol. The molecule has 0 aliphatic heterocycles. The van der Waals surface area contributed by atoms with Gasteiger partial charge in [0.05, 0.1) is 0 Å². The van der Waals surface area contributed by atoms with Crippen molar-refractivity contribution in [2.45, 2.75) is 0 Å². The van der Waals surface area contributed by atoms with Gasteiger partial charge >= 0.3 is 0 Å². The highest BCUT2D eigenvalue weighted by atomic mass is 32.1. The number of hydrogen-bond acceptors (Lipinski definition) is 3. The van der Waals surface area contributed by atoms with Gasteiger partial charge in [-0.3, -0.25) is 10.1 Å². The standard InChI is InChI=1S/C20H16N2O2S/c23-17-11-9-16(10-12-17)21-20(25)22-19(24)13-8-15-6-3-5-14-4-1-2-7-18(14)15/h1-13,23H,(H2,21,22,24,25). The van der Waals surface area contributed by atoms with Crippen LogP contribution in [0.15, 0.2) is 72.8 Å². The third kappa shape index (κ3) is 4.43. The Kier molecular flexibility index (Phi) is 5.06. The summed E-state index contributed by atoms with van der Waals surface area (Å²) in [4.78, 5) is 12.0. The van der Waals surface area contributed by atoms with Crippen LogP contribution in [0.1, 0.15) is 5.56 Å². The van der Waals surface area contributed by atoms with Crippen molar-refractivity contribution in [2.24, 2.45) is 0 Å². The number of fused-ring (bicyclic) bond motifs is 1. The SMILES string of the molecule is O=C(C=Cc1cccc2ccccc12)NC(=S)Nc1ccc(O)cc1. The van der Waals surface area contributed by atoms with Crippen LogP contribution in [-0.4, -0.2) is 16.1 Å². The number of phenols is 1. The van der Waals surface area contributed by atoms with Crippen molar-refractivity contribution in [3.05, 3.63) is 78.4 Å². The Morgan fingerprint density at radius 1 is 0.960 bits per heavy atom. The maximum atomic E-state index is 12.0. The highest BCUT2D eigenvalue weighted by Crippen LogP contribution is 2.19. The van der Waals surface area contributed by atoms with Gasteiger partial charge in [0, 0.05) is 11.8 Å². The van der Waals surface area contributed by atoms with Crippen LogP contribution in [0.4, 0.5) is 5.69 Å². The van der Waals surface area contributed by atoms with Crippen molar-refractivity contribution in [3.63, 3.8) is 0 Å². The summed E-state index contributed by atoms with van der Waals surface area (Å²) in [6.07, 6.45) is 3.22. The molecule has 0 spiro atoms. The summed E-state index contributed by atoms with van der Waals surface area (Å²) in [5.41, 5.74) is 1.65. The molecule has 0 radical (unpaired) electrons. The minimum absolute atomic E-state index is 0.165. The summed E-state index contributed by atoms with van der Waals surface area (Å²) in [6.45, 7) is 0. The number of phenolic OH excluding ortho intramolecular Hbond substituents is 1. The van der Waals surface area contributed by atoms with Crippen LogP contribution in [0.3, 0.4) is 0 Å². The Morgan fingerprint density at radius 2 is 1.68 bits per heavy atom. The lowest BCUT2D eigenvalue weighted by Gasteiger charge is -2.08. The summed E-state index contributed by atoms with van der Waals surface area (Å²) < 4.78 is 0. The first-order chi connectivity index (χ1) is 12.1. The fourth-order valence-electron chi connectivity index (χ4n) is 2.42. The summed E-state index contributed by atoms with van der Waals surface area (Å²) in [5, 5.41) is 17.1. The topological polar surface area (TPSA) is 61.4 Å². The zero-order chi connectivity index (χ0) is 17.6. The second-order valence-electron chi connectivity index (χ2n) is 5.39. The van der Waals surface area contributed by atoms with E-state index in [2.05, 4.69) is 10.6 Å². The van der Waals surface area contributed by atoms with Gasteiger partial charge in [-0.2, -0.15) is 0 Å². The van der Waals surface area contributed by atoms with Crippen LogP contribution in [-0.2, 0) is 4.79 Å². The van der Waals surface area contributed by atoms with E-state index in [1.807, 2.05) is 42.5 Å². The molecule has 3 rings (SSSR count). The van der Waals surface area contributed by atoms with Gasteiger partial charge in [0.1, 0.15) is 5.75 Å². The minimum Gasteiger partial charge on any atom is -0.508 e. The average Bonchev–Trinajstić information content (AvgIpc) is 2.62. The summed E-state index contributed by atoms with van der Waals surface area (Å²) in [6, 6.07) is 20.3. The van der Waals surface area contributed by atoms with E-state index in [9.17, 15) is 9.90 Å². The molecule has 3 N–H and O–H groups in total. The van der Waals surface area contributed by atoms with Gasteiger partial charge < -0.3 is 10.4 Å². The number of aromatic hydroxyl groups is 1. The molecular formula is C20H16N2O2S. The molecule has 1 amide bonds. The third-order valence-corrected chi connectivity index (χ3v) is 3.80. The normalized spacial score (nSPS) is 10.7. The van der Waals surface area contributed by atoms with Crippen LogP contribution in [0.25, 0.3) is 16.8 Å². The lowest BCUT2D eigenvalue weighted by atomic mass is 10.0. The van der Waals surface area contributed by atoms with Crippen LogP contribution in [0, 0.1) is 0 Å². The van der Waals surface area contributed by atoms with Crippen molar-refractivity contribution in [3.8, 4) is 5.75 Å². The first kappa shape index (κ1) is 16.7. The molecule has 4 nitrogen and oxygen atoms in total. The van der Waals surface area contributed by atoms with Gasteiger partial charge in [0.2, 0.25) is 5.91 Å². The number of amides is 1. The quantitative estimate of drug-likeness (QED) is 0.379. The number of thiocarbonyl (C=S) groups is 1. The highest BCUT2D eigenvalue weighted by Gasteiger charge is 2.02. The van der Waals surface area contributed by atoms with E-state index >= 15 is 0 Å². The Labute approximate surface area is 150 Å². The minimum atomic E-state index is -0.316. The zero-order valence-electron chi connectivity index (χ0n) is 13.3. The predicted octanol–water partition coefficient (Wildman–Crippen LogP) is 4.07.